The van der Waals surface area contributed by atoms with Crippen molar-refractivity contribution in [2.75, 3.05) is 31.5 Å². The van der Waals surface area contributed by atoms with Crippen LogP contribution in [0.1, 0.15) is 61.6 Å². The molecule has 7 rings (SSSR count). The van der Waals surface area contributed by atoms with Gasteiger partial charge in [0.05, 0.1) is 18.3 Å². The molecule has 3 aliphatic rings. The highest BCUT2D eigenvalue weighted by molar-refractivity contribution is 5.83. The predicted octanol–water partition coefficient (Wildman–Crippen LogP) is 5.31. The van der Waals surface area contributed by atoms with Crippen molar-refractivity contribution in [3.63, 3.8) is 0 Å². The molecule has 1 saturated heterocycles. The van der Waals surface area contributed by atoms with Gasteiger partial charge in [-0.25, -0.2) is 28.7 Å². The number of halogens is 2. The van der Waals surface area contributed by atoms with Crippen LogP contribution in [0.5, 0.6) is 0 Å². The van der Waals surface area contributed by atoms with Gasteiger partial charge in [-0.05, 0) is 56.4 Å². The van der Waals surface area contributed by atoms with E-state index in [1.807, 2.05) is 24.0 Å². The first-order valence-corrected chi connectivity index (χ1v) is 14.9. The Morgan fingerprint density at radius 1 is 1.00 bits per heavy atom. The molecule has 3 aromatic heterocycles. The van der Waals surface area contributed by atoms with Crippen molar-refractivity contribution in [3.8, 4) is 11.3 Å². The van der Waals surface area contributed by atoms with Crippen molar-refractivity contribution < 1.29 is 13.6 Å². The zero-order chi connectivity index (χ0) is 28.8. The largest absolute Gasteiger partial charge is 0.342 e. The van der Waals surface area contributed by atoms with Crippen LogP contribution in [0.15, 0.2) is 30.5 Å². The molecule has 1 N–H and O–H groups in total. The number of anilines is 2. The molecule has 5 heterocycles. The van der Waals surface area contributed by atoms with Crippen molar-refractivity contribution in [1.29, 1.82) is 0 Å². The van der Waals surface area contributed by atoms with Gasteiger partial charge in [0.25, 0.3) is 0 Å². The molecule has 42 heavy (non-hydrogen) atoms. The van der Waals surface area contributed by atoms with Crippen LogP contribution in [0.3, 0.4) is 0 Å². The molecule has 0 atom stereocenters. The molecule has 1 aromatic carbocycles. The number of hydrogen-bond acceptors (Lipinski definition) is 7. The summed E-state index contributed by atoms with van der Waals surface area (Å²) in [4.78, 5) is 34.5. The quantitative estimate of drug-likeness (QED) is 0.335. The molecule has 2 aliphatic heterocycles. The van der Waals surface area contributed by atoms with Gasteiger partial charge in [0.15, 0.2) is 11.6 Å². The standard InChI is InChI=1S/C31H34F2N8O/c1-19-35-30-23(32)14-21(15-26(30)41(19)22-6-2-3-7-22)29-24(33)16-34-31(38-29)37-27-9-8-20-17-39(13-10-25(20)36-27)18-28(42)40-11-4-5-12-40/h8-9,14-16,22H,2-7,10-13,17-18H2,1H3,(H,34,36,37,38). The van der Waals surface area contributed by atoms with E-state index in [2.05, 4.69) is 29.7 Å². The summed E-state index contributed by atoms with van der Waals surface area (Å²) in [6.45, 7) is 5.47. The summed E-state index contributed by atoms with van der Waals surface area (Å²) < 4.78 is 32.4. The zero-order valence-corrected chi connectivity index (χ0v) is 23.7. The summed E-state index contributed by atoms with van der Waals surface area (Å²) in [7, 11) is 0. The average molecular weight is 573 g/mol. The first-order chi connectivity index (χ1) is 20.4. The molecule has 1 saturated carbocycles. The van der Waals surface area contributed by atoms with E-state index in [9.17, 15) is 4.79 Å². The van der Waals surface area contributed by atoms with Crippen LogP contribution in [0.2, 0.25) is 0 Å². The number of nitrogens with one attached hydrogen (secondary N) is 1. The highest BCUT2D eigenvalue weighted by atomic mass is 19.1. The minimum Gasteiger partial charge on any atom is -0.342 e. The van der Waals surface area contributed by atoms with Crippen LogP contribution in [-0.4, -0.2) is 66.4 Å². The SMILES string of the molecule is Cc1nc2c(F)cc(-c3nc(Nc4ccc5c(n4)CCN(CC(=O)N4CCCC4)C5)ncc3F)cc2n1C1CCCC1. The number of carbonyl (C=O) groups excluding carboxylic acids is 1. The Hall–Kier alpha value is -3.99. The average Bonchev–Trinajstić information content (AvgIpc) is 3.76. The number of aryl methyl sites for hydroxylation is 1. The van der Waals surface area contributed by atoms with Crippen LogP contribution in [-0.2, 0) is 17.8 Å². The van der Waals surface area contributed by atoms with Gasteiger partial charge in [-0.15, -0.1) is 0 Å². The van der Waals surface area contributed by atoms with E-state index in [4.69, 9.17) is 4.98 Å². The molecule has 0 radical (unpaired) electrons. The molecular formula is C31H34F2N8O. The molecule has 2 fully saturated rings. The van der Waals surface area contributed by atoms with Crippen molar-refractivity contribution >= 4 is 28.7 Å². The van der Waals surface area contributed by atoms with Gasteiger partial charge >= 0.3 is 0 Å². The molecule has 0 unspecified atom stereocenters. The van der Waals surface area contributed by atoms with Crippen LogP contribution in [0.4, 0.5) is 20.5 Å². The van der Waals surface area contributed by atoms with E-state index >= 15 is 8.78 Å². The van der Waals surface area contributed by atoms with Crippen LogP contribution in [0, 0.1) is 18.6 Å². The van der Waals surface area contributed by atoms with Crippen molar-refractivity contribution in [2.24, 2.45) is 0 Å². The lowest BCUT2D eigenvalue weighted by Crippen LogP contribution is -2.41. The number of pyridine rings is 1. The number of fused-ring (bicyclic) bond motifs is 2. The zero-order valence-electron chi connectivity index (χ0n) is 23.7. The number of benzene rings is 1. The third-order valence-electron chi connectivity index (χ3n) is 8.82. The number of carbonyl (C=O) groups is 1. The maximum absolute atomic E-state index is 15.2. The topological polar surface area (TPSA) is 92.1 Å². The fourth-order valence-corrected chi connectivity index (χ4v) is 6.71. The molecule has 4 aromatic rings. The van der Waals surface area contributed by atoms with Crippen LogP contribution >= 0.6 is 0 Å². The third-order valence-corrected chi connectivity index (χ3v) is 8.82. The Kier molecular flexibility index (Phi) is 7.05. The number of imidazole rings is 1. The van der Waals surface area contributed by atoms with E-state index < -0.39 is 11.6 Å². The molecule has 1 amide bonds. The van der Waals surface area contributed by atoms with Gasteiger partial charge in [-0.2, -0.15) is 0 Å². The Labute approximate surface area is 243 Å². The van der Waals surface area contributed by atoms with E-state index in [-0.39, 0.29) is 23.6 Å². The fraction of sp³-hybridized carbons (Fsp3) is 0.452. The number of hydrogen-bond donors (Lipinski definition) is 1. The van der Waals surface area contributed by atoms with Crippen molar-refractivity contribution in [2.45, 2.75) is 64.5 Å². The smallest absolute Gasteiger partial charge is 0.236 e. The number of likely N-dealkylation sites (tertiary alicyclic amines) is 1. The van der Waals surface area contributed by atoms with E-state index in [1.165, 1.54) is 6.07 Å². The molecule has 0 spiro atoms. The predicted molar refractivity (Wildman–Crippen MR) is 155 cm³/mol. The van der Waals surface area contributed by atoms with Gasteiger partial charge < -0.3 is 14.8 Å². The lowest BCUT2D eigenvalue weighted by atomic mass is 10.1. The highest BCUT2D eigenvalue weighted by Crippen LogP contribution is 2.36. The van der Waals surface area contributed by atoms with Gasteiger partial charge in [0, 0.05) is 49.9 Å². The van der Waals surface area contributed by atoms with E-state index in [0.29, 0.717) is 35.5 Å². The van der Waals surface area contributed by atoms with Crippen LogP contribution in [0.25, 0.3) is 22.3 Å². The second-order valence-corrected chi connectivity index (χ2v) is 11.7. The first-order valence-electron chi connectivity index (χ1n) is 14.9. The number of rotatable bonds is 6. The Balaban J connectivity index is 1.11. The summed E-state index contributed by atoms with van der Waals surface area (Å²) in [5, 5.41) is 3.10. The van der Waals surface area contributed by atoms with Gasteiger partial charge in [-0.3, -0.25) is 9.69 Å². The van der Waals surface area contributed by atoms with Crippen LogP contribution < -0.4 is 5.32 Å². The summed E-state index contributed by atoms with van der Waals surface area (Å²) in [6.07, 6.45) is 8.31. The van der Waals surface area contributed by atoms with Gasteiger partial charge in [0.2, 0.25) is 11.9 Å². The minimum atomic E-state index is -0.634. The maximum Gasteiger partial charge on any atom is 0.236 e. The van der Waals surface area contributed by atoms with Gasteiger partial charge in [-0.1, -0.05) is 18.9 Å². The summed E-state index contributed by atoms with van der Waals surface area (Å²) in [6, 6.07) is 7.18. The molecular weight excluding hydrogens is 538 g/mol. The van der Waals surface area contributed by atoms with Crippen molar-refractivity contribution in [1.82, 2.24) is 34.3 Å². The first kappa shape index (κ1) is 26.9. The summed E-state index contributed by atoms with van der Waals surface area (Å²) in [5.74, 6) is 0.548. The monoisotopic (exact) mass is 572 g/mol. The van der Waals surface area contributed by atoms with E-state index in [1.54, 1.807) is 6.07 Å². The molecule has 9 nitrogen and oxygen atoms in total. The van der Waals surface area contributed by atoms with Gasteiger partial charge in [0.1, 0.15) is 22.9 Å². The van der Waals surface area contributed by atoms with E-state index in [0.717, 1.165) is 87.9 Å². The fourth-order valence-electron chi connectivity index (χ4n) is 6.71. The highest BCUT2D eigenvalue weighted by Gasteiger charge is 2.25. The Morgan fingerprint density at radius 3 is 2.62 bits per heavy atom. The molecule has 11 heteroatoms. The number of nitrogens with zero attached hydrogens (tertiary/aromatic N) is 7. The minimum absolute atomic E-state index is 0.0152. The van der Waals surface area contributed by atoms with Crippen molar-refractivity contribution in [3.05, 3.63) is 59.2 Å². The lowest BCUT2D eigenvalue weighted by Gasteiger charge is -2.29. The Bertz CT molecular complexity index is 1660. The number of aromatic nitrogens is 5. The molecule has 218 valence electrons. The lowest BCUT2D eigenvalue weighted by molar-refractivity contribution is -0.131. The second-order valence-electron chi connectivity index (χ2n) is 11.7. The summed E-state index contributed by atoms with van der Waals surface area (Å²) >= 11 is 0. The maximum atomic E-state index is 15.2. The normalized spacial score (nSPS) is 17.7. The summed E-state index contributed by atoms with van der Waals surface area (Å²) in [5.41, 5.74) is 3.35. The Morgan fingerprint density at radius 2 is 1.81 bits per heavy atom. The molecule has 1 aliphatic carbocycles. The third kappa shape index (κ3) is 5.10. The molecule has 0 bridgehead atoms. The second kappa shape index (κ2) is 11.0. The number of amides is 1.